The van der Waals surface area contributed by atoms with Crippen LogP contribution < -0.4 is 26.4 Å². The van der Waals surface area contributed by atoms with Gasteiger partial charge < -0.3 is 0 Å². The van der Waals surface area contributed by atoms with Crippen molar-refractivity contribution in [3.05, 3.63) is 212 Å². The molecule has 0 N–H and O–H groups in total. The number of rotatable bonds is 8. The Kier molecular flexibility index (Phi) is 13.8. The van der Waals surface area contributed by atoms with E-state index in [4.69, 9.17) is 5.26 Å². The van der Waals surface area contributed by atoms with Crippen molar-refractivity contribution in [1.29, 1.82) is 5.26 Å². The van der Waals surface area contributed by atoms with Crippen LogP contribution in [0.15, 0.2) is 73.2 Å². The molecule has 0 saturated carbocycles. The molecule has 0 aliphatic heterocycles. The summed E-state index contributed by atoms with van der Waals surface area (Å²) < 4.78 is 296. The Morgan fingerprint density at radius 2 is 0.716 bits per heavy atom. The SMILES string of the molecule is Fc1c(F)c(F)c([B-](c2c(F)c(F)c(F)c(F)c2F)(c2c(F)c(F)c(F)c(F)c2F)c2c(F)c(F)c(F)c(F)c2F)c(F)c1F.N#Cc1ccc(Cc2cncc[n+]2Cc2ccccc2)cc1. The summed E-state index contributed by atoms with van der Waals surface area (Å²) in [4.78, 5) is 4.24. The zero-order chi connectivity index (χ0) is 49.6. The van der Waals surface area contributed by atoms with Crippen LogP contribution in [-0.2, 0) is 13.0 Å². The molecule has 67 heavy (non-hydrogen) atoms. The molecule has 346 valence electrons. The molecule has 7 rings (SSSR count). The van der Waals surface area contributed by atoms with Crippen LogP contribution in [0, 0.1) is 128 Å². The Balaban J connectivity index is 0.000000279. The van der Waals surface area contributed by atoms with Crippen molar-refractivity contribution in [1.82, 2.24) is 4.98 Å². The number of aromatic nitrogens is 2. The van der Waals surface area contributed by atoms with Crippen LogP contribution in [0.5, 0.6) is 0 Å². The average molecular weight is 965 g/mol. The zero-order valence-corrected chi connectivity index (χ0v) is 32.3. The van der Waals surface area contributed by atoms with E-state index in [0.717, 1.165) is 18.7 Å². The van der Waals surface area contributed by atoms with Crippen LogP contribution in [0.3, 0.4) is 0 Å². The van der Waals surface area contributed by atoms with Gasteiger partial charge in [0.05, 0.1) is 30.4 Å². The Labute approximate surface area is 361 Å². The fraction of sp³-hybridized carbons (Fsp3) is 0.0465. The van der Waals surface area contributed by atoms with Gasteiger partial charge in [0.15, 0.2) is 82.5 Å². The van der Waals surface area contributed by atoms with Gasteiger partial charge in [-0.05, 0) is 17.7 Å². The van der Waals surface area contributed by atoms with E-state index in [-0.39, 0.29) is 0 Å². The Morgan fingerprint density at radius 3 is 1.03 bits per heavy atom. The summed E-state index contributed by atoms with van der Waals surface area (Å²) >= 11 is 0. The Bertz CT molecular complexity index is 2760. The minimum absolute atomic E-state index is 0.687. The maximum absolute atomic E-state index is 15.4. The number of hydrogen-bond acceptors (Lipinski definition) is 2. The summed E-state index contributed by atoms with van der Waals surface area (Å²) in [7, 11) is 0. The lowest BCUT2D eigenvalue weighted by Gasteiger charge is -2.44. The van der Waals surface area contributed by atoms with Crippen molar-refractivity contribution < 1.29 is 92.4 Å². The minimum atomic E-state index is -7.22. The van der Waals surface area contributed by atoms with E-state index in [2.05, 4.69) is 39.9 Å². The second kappa shape index (κ2) is 18.8. The molecule has 1 aromatic heterocycles. The first-order valence-electron chi connectivity index (χ1n) is 18.1. The van der Waals surface area contributed by atoms with Crippen molar-refractivity contribution >= 4 is 28.0 Å². The smallest absolute Gasteiger partial charge is 0.204 e. The molecule has 0 saturated heterocycles. The third-order valence-electron chi connectivity index (χ3n) is 10.3. The molecule has 0 aliphatic carbocycles. The lowest BCUT2D eigenvalue weighted by molar-refractivity contribution is -0.695. The normalized spacial score (nSPS) is 11.4. The van der Waals surface area contributed by atoms with Crippen molar-refractivity contribution in [2.24, 2.45) is 0 Å². The number of nitrogens with zero attached hydrogens (tertiary/aromatic N) is 3. The van der Waals surface area contributed by atoms with Gasteiger partial charge in [-0.3, -0.25) is 4.98 Å². The van der Waals surface area contributed by atoms with Crippen molar-refractivity contribution in [3.63, 3.8) is 0 Å². The van der Waals surface area contributed by atoms with Gasteiger partial charge in [0.2, 0.25) is 5.69 Å². The maximum atomic E-state index is 15.4. The molecule has 0 unspecified atom stereocenters. The van der Waals surface area contributed by atoms with Crippen LogP contribution in [-0.4, -0.2) is 11.1 Å². The van der Waals surface area contributed by atoms with Crippen LogP contribution in [0.4, 0.5) is 87.8 Å². The molecule has 0 radical (unpaired) electrons. The fourth-order valence-corrected chi connectivity index (χ4v) is 7.28. The predicted molar refractivity (Wildman–Crippen MR) is 193 cm³/mol. The summed E-state index contributed by atoms with van der Waals surface area (Å²) in [6.45, 7) is 0.828. The van der Waals surface area contributed by atoms with Crippen LogP contribution >= 0.6 is 0 Å². The summed E-state index contributed by atoms with van der Waals surface area (Å²) in [5.41, 5.74) is -10.1. The highest BCUT2D eigenvalue weighted by molar-refractivity contribution is 7.20. The molecule has 24 heteroatoms. The van der Waals surface area contributed by atoms with Gasteiger partial charge in [0, 0.05) is 5.56 Å². The van der Waals surface area contributed by atoms with Crippen molar-refractivity contribution in [2.45, 2.75) is 13.0 Å². The van der Waals surface area contributed by atoms with E-state index in [0.29, 0.717) is 5.56 Å². The van der Waals surface area contributed by atoms with E-state index in [9.17, 15) is 52.7 Å². The molecule has 7 aromatic rings. The molecule has 0 spiro atoms. The minimum Gasteiger partial charge on any atom is -0.252 e. The van der Waals surface area contributed by atoms with E-state index >= 15 is 35.1 Å². The Hall–Kier alpha value is -7.45. The molecular formula is C43H16BF20N3. The molecule has 0 bridgehead atoms. The van der Waals surface area contributed by atoms with Gasteiger partial charge in [0.1, 0.15) is 52.7 Å². The third-order valence-corrected chi connectivity index (χ3v) is 10.3. The summed E-state index contributed by atoms with van der Waals surface area (Å²) in [5, 5.41) is 8.86. The van der Waals surface area contributed by atoms with E-state index in [1.54, 1.807) is 0 Å². The molecule has 3 nitrogen and oxygen atoms in total. The Morgan fingerprint density at radius 1 is 0.403 bits per heavy atom. The highest BCUT2D eigenvalue weighted by Crippen LogP contribution is 2.31. The van der Waals surface area contributed by atoms with Gasteiger partial charge in [-0.2, -0.15) is 9.83 Å². The third kappa shape index (κ3) is 8.15. The largest absolute Gasteiger partial charge is 0.252 e. The summed E-state index contributed by atoms with van der Waals surface area (Å²) in [6.07, 6.45) is -0.698. The molecule has 0 fully saturated rings. The van der Waals surface area contributed by atoms with Gasteiger partial charge in [-0.25, -0.2) is 87.8 Å². The summed E-state index contributed by atoms with van der Waals surface area (Å²) in [6, 6.07) is 20.2. The zero-order valence-electron chi connectivity index (χ0n) is 32.3. The molecule has 6 aromatic carbocycles. The van der Waals surface area contributed by atoms with Crippen molar-refractivity contribution in [3.8, 4) is 6.07 Å². The molecule has 1 heterocycles. The summed E-state index contributed by atoms with van der Waals surface area (Å²) in [5.74, 6) is -71.4. The highest BCUT2D eigenvalue weighted by Gasteiger charge is 2.52. The first-order valence-corrected chi connectivity index (χ1v) is 18.1. The fourth-order valence-electron chi connectivity index (χ4n) is 7.28. The highest BCUT2D eigenvalue weighted by atomic mass is 19.2. The molecule has 0 amide bonds. The van der Waals surface area contributed by atoms with E-state index in [1.807, 2.05) is 48.9 Å². The lowest BCUT2D eigenvalue weighted by atomic mass is 9.12. The van der Waals surface area contributed by atoms with Gasteiger partial charge in [-0.1, -0.05) is 42.5 Å². The molecule has 0 atom stereocenters. The topological polar surface area (TPSA) is 40.6 Å². The van der Waals surface area contributed by atoms with E-state index in [1.165, 1.54) is 11.1 Å². The number of benzene rings is 6. The van der Waals surface area contributed by atoms with Crippen LogP contribution in [0.1, 0.15) is 22.4 Å². The lowest BCUT2D eigenvalue weighted by Crippen LogP contribution is -2.81. The predicted octanol–water partition coefficient (Wildman–Crippen LogP) is 8.73. The number of nitriles is 1. The second-order valence-electron chi connectivity index (χ2n) is 14.0. The standard InChI is InChI=1S/C24BF20.C19H16N3/c26-5-1(6(27)14(35)21(42)13(5)34)25(2-7(28)15(36)22(43)16(37)8(2)29,3-9(30)17(38)23(44)18(39)10(3)31)4-11(32)19(40)24(45)20(41)12(4)33;20-13-17-8-6-16(7-9-17)12-19-14-21-10-11-22(19)15-18-4-2-1-3-5-18/h;1-11,14H,12,15H2/q-1;+1. The van der Waals surface area contributed by atoms with Crippen LogP contribution in [0.2, 0.25) is 0 Å². The first kappa shape index (κ1) is 49.0. The van der Waals surface area contributed by atoms with Gasteiger partial charge in [-0.15, -0.1) is 21.9 Å². The molecule has 0 aliphatic rings. The van der Waals surface area contributed by atoms with E-state index < -0.39 is 144 Å². The second-order valence-corrected chi connectivity index (χ2v) is 14.0. The maximum Gasteiger partial charge on any atom is 0.204 e. The average Bonchev–Trinajstić information content (AvgIpc) is 3.32. The number of halogens is 20. The van der Waals surface area contributed by atoms with Crippen LogP contribution in [0.25, 0.3) is 0 Å². The monoisotopic (exact) mass is 965 g/mol. The quantitative estimate of drug-likeness (QED) is 0.0503. The first-order chi connectivity index (χ1) is 31.5. The van der Waals surface area contributed by atoms with Gasteiger partial charge >= 0.3 is 0 Å². The van der Waals surface area contributed by atoms with Crippen molar-refractivity contribution in [2.75, 3.05) is 0 Å². The molecular weight excluding hydrogens is 949 g/mol. The number of hydrogen-bond donors (Lipinski definition) is 0. The van der Waals surface area contributed by atoms with Gasteiger partial charge in [0.25, 0.3) is 0 Å².